The quantitative estimate of drug-likeness (QED) is 0.100. The van der Waals surface area contributed by atoms with Gasteiger partial charge in [0, 0.05) is 19.4 Å². The van der Waals surface area contributed by atoms with Crippen molar-refractivity contribution in [3.63, 3.8) is 0 Å². The highest BCUT2D eigenvalue weighted by atomic mass is 16.3. The number of carbonyl (C=O) groups is 6. The molecule has 15 heteroatoms. The van der Waals surface area contributed by atoms with Gasteiger partial charge in [-0.15, -0.1) is 0 Å². The monoisotopic (exact) mass is 667 g/mol. The number of aliphatic hydroxyl groups is 1. The average Bonchev–Trinajstić information content (AvgIpc) is 3.56. The number of nitrogens with two attached hydrogens (primary N) is 2. The molecular formula is C33H45N7O8. The Labute approximate surface area is 278 Å². The summed E-state index contributed by atoms with van der Waals surface area (Å²) in [5, 5.41) is 29.9. The van der Waals surface area contributed by atoms with Crippen LogP contribution in [0.4, 0.5) is 0 Å². The third-order valence-corrected chi connectivity index (χ3v) is 8.04. The van der Waals surface area contributed by atoms with E-state index in [2.05, 4.69) is 21.3 Å². The number of aromatic hydroxyl groups is 1. The molecule has 1 heterocycles. The van der Waals surface area contributed by atoms with E-state index in [0.29, 0.717) is 12.0 Å². The van der Waals surface area contributed by atoms with Crippen LogP contribution in [0.5, 0.6) is 5.75 Å². The Kier molecular flexibility index (Phi) is 13.9. The third-order valence-electron chi connectivity index (χ3n) is 8.04. The molecule has 0 bridgehead atoms. The maximum Gasteiger partial charge on any atom is 0.248 e. The fourth-order valence-corrected chi connectivity index (χ4v) is 5.44. The molecule has 1 aliphatic heterocycles. The SMILES string of the molecule is CC(C)C(NC(=O)C(Cc1ccccc1)NC(=O)C(Cc1ccc(O)cc1)NC(=O)C1CCCN1C(=O)C(CO)NC(=O)CN)C(N)=O. The van der Waals surface area contributed by atoms with Gasteiger partial charge in [-0.3, -0.25) is 28.8 Å². The lowest BCUT2D eigenvalue weighted by atomic mass is 10.00. The topological polar surface area (TPSA) is 246 Å². The van der Waals surface area contributed by atoms with Gasteiger partial charge in [-0.25, -0.2) is 0 Å². The van der Waals surface area contributed by atoms with Gasteiger partial charge in [-0.1, -0.05) is 56.3 Å². The number of nitrogens with zero attached hydrogens (tertiary/aromatic N) is 1. The number of carbonyl (C=O) groups excluding carboxylic acids is 6. The largest absolute Gasteiger partial charge is 0.508 e. The van der Waals surface area contributed by atoms with Gasteiger partial charge in [0.2, 0.25) is 35.4 Å². The molecule has 0 aliphatic carbocycles. The second-order valence-corrected chi connectivity index (χ2v) is 12.0. The predicted octanol–water partition coefficient (Wildman–Crippen LogP) is -1.80. The van der Waals surface area contributed by atoms with Crippen molar-refractivity contribution >= 4 is 35.4 Å². The summed E-state index contributed by atoms with van der Waals surface area (Å²) in [6, 6.07) is 9.18. The molecule has 2 aromatic rings. The van der Waals surface area contributed by atoms with E-state index in [0.717, 1.165) is 5.56 Å². The number of hydrogen-bond donors (Lipinski definition) is 8. The molecule has 0 aromatic heterocycles. The van der Waals surface area contributed by atoms with Gasteiger partial charge in [0.15, 0.2) is 0 Å². The van der Waals surface area contributed by atoms with E-state index >= 15 is 0 Å². The van der Waals surface area contributed by atoms with Gasteiger partial charge in [-0.05, 0) is 42.0 Å². The number of aliphatic hydroxyl groups excluding tert-OH is 1. The van der Waals surface area contributed by atoms with Gasteiger partial charge in [0.25, 0.3) is 0 Å². The second kappa shape index (κ2) is 17.8. The van der Waals surface area contributed by atoms with Gasteiger partial charge < -0.3 is 47.8 Å². The fourth-order valence-electron chi connectivity index (χ4n) is 5.44. The van der Waals surface area contributed by atoms with Crippen LogP contribution in [0.15, 0.2) is 54.6 Å². The first-order chi connectivity index (χ1) is 22.8. The van der Waals surface area contributed by atoms with E-state index in [1.807, 2.05) is 0 Å². The van der Waals surface area contributed by atoms with Crippen LogP contribution in [0.1, 0.15) is 37.8 Å². The summed E-state index contributed by atoms with van der Waals surface area (Å²) >= 11 is 0. The first-order valence-corrected chi connectivity index (χ1v) is 15.8. The molecular weight excluding hydrogens is 622 g/mol. The molecule has 3 rings (SSSR count). The van der Waals surface area contributed by atoms with Gasteiger partial charge >= 0.3 is 0 Å². The zero-order valence-electron chi connectivity index (χ0n) is 27.1. The Bertz CT molecular complexity index is 1440. The highest BCUT2D eigenvalue weighted by Gasteiger charge is 2.39. The van der Waals surface area contributed by atoms with Crippen LogP contribution in [0.2, 0.25) is 0 Å². The van der Waals surface area contributed by atoms with Crippen LogP contribution >= 0.6 is 0 Å². The Hall–Kier alpha value is -5.02. The van der Waals surface area contributed by atoms with Crippen molar-refractivity contribution in [1.82, 2.24) is 26.2 Å². The molecule has 0 radical (unpaired) electrons. The molecule has 5 atom stereocenters. The van der Waals surface area contributed by atoms with Crippen LogP contribution in [0.25, 0.3) is 0 Å². The molecule has 1 fully saturated rings. The molecule has 6 amide bonds. The first-order valence-electron chi connectivity index (χ1n) is 15.8. The molecule has 48 heavy (non-hydrogen) atoms. The Morgan fingerprint density at radius 1 is 0.833 bits per heavy atom. The zero-order valence-corrected chi connectivity index (χ0v) is 27.1. The highest BCUT2D eigenvalue weighted by molar-refractivity contribution is 5.97. The number of phenolic OH excluding ortho intramolecular Hbond substituents is 1. The Morgan fingerprint density at radius 2 is 1.42 bits per heavy atom. The van der Waals surface area contributed by atoms with Crippen molar-refractivity contribution in [2.45, 2.75) is 69.7 Å². The molecule has 1 aliphatic rings. The Morgan fingerprint density at radius 3 is 1.98 bits per heavy atom. The van der Waals surface area contributed by atoms with Crippen molar-refractivity contribution in [2.24, 2.45) is 17.4 Å². The van der Waals surface area contributed by atoms with E-state index < -0.39 is 78.8 Å². The predicted molar refractivity (Wildman–Crippen MR) is 175 cm³/mol. The van der Waals surface area contributed by atoms with Gasteiger partial charge in [-0.2, -0.15) is 0 Å². The molecule has 1 saturated heterocycles. The maximum atomic E-state index is 13.9. The van der Waals surface area contributed by atoms with E-state index in [4.69, 9.17) is 11.5 Å². The maximum absolute atomic E-state index is 13.9. The number of benzene rings is 2. The van der Waals surface area contributed by atoms with Crippen LogP contribution in [0, 0.1) is 5.92 Å². The molecule has 10 N–H and O–H groups in total. The number of amides is 6. The van der Waals surface area contributed by atoms with Crippen LogP contribution in [0.3, 0.4) is 0 Å². The third kappa shape index (κ3) is 10.5. The molecule has 15 nitrogen and oxygen atoms in total. The molecule has 260 valence electrons. The van der Waals surface area contributed by atoms with Crippen LogP contribution in [-0.4, -0.2) is 100 Å². The minimum absolute atomic E-state index is 0.00202. The van der Waals surface area contributed by atoms with Crippen LogP contribution in [-0.2, 0) is 41.6 Å². The average molecular weight is 668 g/mol. The second-order valence-electron chi connectivity index (χ2n) is 12.0. The number of primary amides is 1. The normalized spacial score (nSPS) is 16.7. The fraction of sp³-hybridized carbons (Fsp3) is 0.455. The van der Waals surface area contributed by atoms with E-state index in [9.17, 15) is 39.0 Å². The Balaban J connectivity index is 1.88. The van der Waals surface area contributed by atoms with Crippen molar-refractivity contribution < 1.29 is 39.0 Å². The summed E-state index contributed by atoms with van der Waals surface area (Å²) in [7, 11) is 0. The summed E-state index contributed by atoms with van der Waals surface area (Å²) < 4.78 is 0. The summed E-state index contributed by atoms with van der Waals surface area (Å²) in [6.07, 6.45) is 0.735. The summed E-state index contributed by atoms with van der Waals surface area (Å²) in [5.74, 6) is -4.41. The summed E-state index contributed by atoms with van der Waals surface area (Å²) in [4.78, 5) is 79.4. The number of rotatable bonds is 16. The lowest BCUT2D eigenvalue weighted by Crippen LogP contribution is -2.60. The van der Waals surface area contributed by atoms with Crippen molar-refractivity contribution in [3.05, 3.63) is 65.7 Å². The number of phenols is 1. The zero-order chi connectivity index (χ0) is 35.4. The molecule has 0 saturated carbocycles. The molecule has 5 unspecified atom stereocenters. The minimum Gasteiger partial charge on any atom is -0.508 e. The number of likely N-dealkylation sites (tertiary alicyclic amines) is 1. The lowest BCUT2D eigenvalue weighted by Gasteiger charge is -2.30. The summed E-state index contributed by atoms with van der Waals surface area (Å²) in [5.41, 5.74) is 12.1. The van der Waals surface area contributed by atoms with E-state index in [1.165, 1.54) is 17.0 Å². The molecule has 2 aromatic carbocycles. The van der Waals surface area contributed by atoms with Crippen molar-refractivity contribution in [2.75, 3.05) is 19.7 Å². The highest BCUT2D eigenvalue weighted by Crippen LogP contribution is 2.20. The first kappa shape index (κ1) is 37.4. The van der Waals surface area contributed by atoms with Crippen LogP contribution < -0.4 is 32.7 Å². The van der Waals surface area contributed by atoms with E-state index in [1.54, 1.807) is 56.3 Å². The van der Waals surface area contributed by atoms with Crippen molar-refractivity contribution in [3.8, 4) is 5.75 Å². The minimum atomic E-state index is -1.31. The van der Waals surface area contributed by atoms with Gasteiger partial charge in [0.1, 0.15) is 36.0 Å². The molecule has 0 spiro atoms. The van der Waals surface area contributed by atoms with Crippen molar-refractivity contribution in [1.29, 1.82) is 0 Å². The number of nitrogens with one attached hydrogen (secondary N) is 4. The summed E-state index contributed by atoms with van der Waals surface area (Å²) in [6.45, 7) is 2.51. The van der Waals surface area contributed by atoms with E-state index in [-0.39, 0.29) is 37.5 Å². The van der Waals surface area contributed by atoms with Gasteiger partial charge in [0.05, 0.1) is 13.2 Å². The number of hydrogen-bond acceptors (Lipinski definition) is 9. The lowest BCUT2D eigenvalue weighted by molar-refractivity contribution is -0.143. The smallest absolute Gasteiger partial charge is 0.248 e. The standard InChI is InChI=1S/C33H45N7O8/c1-19(2)28(29(35)44)39-31(46)24(15-20-7-4-3-5-8-20)37-30(45)23(16-21-10-12-22(42)13-11-21)38-32(47)26-9-6-14-40(26)33(48)25(18-41)36-27(43)17-34/h3-5,7-8,10-13,19,23-26,28,41-42H,6,9,14-18,34H2,1-2H3,(H2,35,44)(H,36,43)(H,37,45)(H,38,47)(H,39,46).